The van der Waals surface area contributed by atoms with Crippen LogP contribution in [0.15, 0.2) is 54.6 Å². The SMILES string of the molecule is COc1ccc(NC(=S)N(CCc2c(C)[nH]c3ccc(F)cc23)Cc2cc(OC)c(OC)c(OC)c2)cc1. The Balaban J connectivity index is 1.63. The van der Waals surface area contributed by atoms with Crippen LogP contribution >= 0.6 is 12.2 Å². The molecule has 200 valence electrons. The highest BCUT2D eigenvalue weighted by Gasteiger charge is 2.18. The lowest BCUT2D eigenvalue weighted by Crippen LogP contribution is -2.36. The molecular formula is C29H32FN3O4S. The average molecular weight is 538 g/mol. The molecule has 0 spiro atoms. The Hall–Kier alpha value is -3.98. The summed E-state index contributed by atoms with van der Waals surface area (Å²) in [6.45, 7) is 3.07. The Morgan fingerprint density at radius 1 is 0.921 bits per heavy atom. The number of nitrogens with one attached hydrogen (secondary N) is 2. The number of thiocarbonyl (C=S) groups is 1. The topological polar surface area (TPSA) is 68.0 Å². The van der Waals surface area contributed by atoms with E-state index < -0.39 is 0 Å². The Morgan fingerprint density at radius 3 is 2.21 bits per heavy atom. The van der Waals surface area contributed by atoms with Crippen LogP contribution in [0, 0.1) is 12.7 Å². The molecule has 9 heteroatoms. The first-order chi connectivity index (χ1) is 18.4. The van der Waals surface area contributed by atoms with Crippen molar-refractivity contribution in [3.8, 4) is 23.0 Å². The highest BCUT2D eigenvalue weighted by Crippen LogP contribution is 2.38. The second kappa shape index (κ2) is 12.0. The van der Waals surface area contributed by atoms with Crippen LogP contribution in [0.4, 0.5) is 10.1 Å². The number of aromatic amines is 1. The van der Waals surface area contributed by atoms with Gasteiger partial charge in [-0.1, -0.05) is 0 Å². The number of hydrogen-bond acceptors (Lipinski definition) is 5. The molecular weight excluding hydrogens is 505 g/mol. The van der Waals surface area contributed by atoms with Gasteiger partial charge in [-0.05, 0) is 91.3 Å². The summed E-state index contributed by atoms with van der Waals surface area (Å²) in [6, 6.07) is 16.2. The maximum atomic E-state index is 14.0. The summed E-state index contributed by atoms with van der Waals surface area (Å²) in [5.74, 6) is 2.17. The highest BCUT2D eigenvalue weighted by atomic mass is 32.1. The number of ether oxygens (including phenoxy) is 4. The second-order valence-electron chi connectivity index (χ2n) is 8.78. The van der Waals surface area contributed by atoms with E-state index in [-0.39, 0.29) is 5.82 Å². The van der Waals surface area contributed by atoms with E-state index in [9.17, 15) is 4.39 Å². The van der Waals surface area contributed by atoms with Gasteiger partial charge < -0.3 is 34.1 Å². The standard InChI is InChI=1S/C29H32FN3O4S/c1-18-23(24-16-20(30)6-11-25(24)31-18)12-13-33(29(38)32-21-7-9-22(34-2)10-8-21)17-19-14-26(35-3)28(37-5)27(15-19)36-4/h6-11,14-16,31H,12-13,17H2,1-5H3,(H,32,38). The Kier molecular flexibility index (Phi) is 8.58. The summed E-state index contributed by atoms with van der Waals surface area (Å²) in [5, 5.41) is 4.76. The zero-order chi connectivity index (χ0) is 27.2. The second-order valence-corrected chi connectivity index (χ2v) is 9.17. The number of aryl methyl sites for hydroxylation is 1. The van der Waals surface area contributed by atoms with Crippen molar-refractivity contribution in [3.05, 3.63) is 77.2 Å². The number of aromatic nitrogens is 1. The third-order valence-electron chi connectivity index (χ3n) is 6.44. The predicted octanol–water partition coefficient (Wildman–Crippen LogP) is 6.09. The molecule has 0 atom stereocenters. The van der Waals surface area contributed by atoms with Gasteiger partial charge in [-0.15, -0.1) is 0 Å². The van der Waals surface area contributed by atoms with Gasteiger partial charge in [0.05, 0.1) is 28.4 Å². The molecule has 1 aromatic heterocycles. The van der Waals surface area contributed by atoms with E-state index in [0.29, 0.717) is 41.9 Å². The van der Waals surface area contributed by atoms with E-state index in [1.165, 1.54) is 6.07 Å². The van der Waals surface area contributed by atoms with Gasteiger partial charge in [-0.25, -0.2) is 4.39 Å². The van der Waals surface area contributed by atoms with Gasteiger partial charge in [0.2, 0.25) is 5.75 Å². The summed E-state index contributed by atoms with van der Waals surface area (Å²) in [5.41, 5.74) is 4.75. The molecule has 38 heavy (non-hydrogen) atoms. The Morgan fingerprint density at radius 2 is 1.61 bits per heavy atom. The van der Waals surface area contributed by atoms with Gasteiger partial charge in [-0.3, -0.25) is 0 Å². The summed E-state index contributed by atoms with van der Waals surface area (Å²) >= 11 is 5.86. The number of H-pyrrole nitrogens is 1. The fourth-order valence-corrected chi connectivity index (χ4v) is 4.77. The average Bonchev–Trinajstić information content (AvgIpc) is 3.24. The minimum absolute atomic E-state index is 0.260. The van der Waals surface area contributed by atoms with Gasteiger partial charge >= 0.3 is 0 Å². The van der Waals surface area contributed by atoms with Crippen LogP contribution in [0.25, 0.3) is 10.9 Å². The maximum Gasteiger partial charge on any atom is 0.203 e. The molecule has 0 radical (unpaired) electrons. The molecule has 7 nitrogen and oxygen atoms in total. The Labute approximate surface area is 227 Å². The first kappa shape index (κ1) is 27.1. The van der Waals surface area contributed by atoms with Crippen LogP contribution in [-0.4, -0.2) is 50.0 Å². The molecule has 3 aromatic carbocycles. The molecule has 4 rings (SSSR count). The van der Waals surface area contributed by atoms with Crippen molar-refractivity contribution in [2.75, 3.05) is 40.3 Å². The van der Waals surface area contributed by atoms with Crippen molar-refractivity contribution >= 4 is 33.9 Å². The fourth-order valence-electron chi connectivity index (χ4n) is 4.50. The third kappa shape index (κ3) is 5.94. The molecule has 0 amide bonds. The molecule has 0 saturated heterocycles. The van der Waals surface area contributed by atoms with E-state index >= 15 is 0 Å². The quantitative estimate of drug-likeness (QED) is 0.237. The normalized spacial score (nSPS) is 10.8. The van der Waals surface area contributed by atoms with Crippen molar-refractivity contribution in [2.45, 2.75) is 19.9 Å². The van der Waals surface area contributed by atoms with Crippen LogP contribution in [0.3, 0.4) is 0 Å². The van der Waals surface area contributed by atoms with Crippen molar-refractivity contribution in [2.24, 2.45) is 0 Å². The lowest BCUT2D eigenvalue weighted by molar-refractivity contribution is 0.322. The molecule has 2 N–H and O–H groups in total. The Bertz CT molecular complexity index is 1400. The van der Waals surface area contributed by atoms with Crippen molar-refractivity contribution in [3.63, 3.8) is 0 Å². The summed E-state index contributed by atoms with van der Waals surface area (Å²) < 4.78 is 35.9. The van der Waals surface area contributed by atoms with Gasteiger partial charge in [0.1, 0.15) is 11.6 Å². The summed E-state index contributed by atoms with van der Waals surface area (Å²) in [7, 11) is 6.39. The number of methoxy groups -OCH3 is 4. The molecule has 0 aliphatic carbocycles. The monoisotopic (exact) mass is 537 g/mol. The number of benzene rings is 3. The third-order valence-corrected chi connectivity index (χ3v) is 6.80. The van der Waals surface area contributed by atoms with E-state index in [2.05, 4.69) is 15.2 Å². The minimum Gasteiger partial charge on any atom is -0.497 e. The number of hydrogen-bond donors (Lipinski definition) is 2. The molecule has 0 bridgehead atoms. The van der Waals surface area contributed by atoms with Gasteiger partial charge in [0.25, 0.3) is 0 Å². The van der Waals surface area contributed by atoms with Gasteiger partial charge in [-0.2, -0.15) is 0 Å². The number of fused-ring (bicyclic) bond motifs is 1. The van der Waals surface area contributed by atoms with Crippen LogP contribution in [-0.2, 0) is 13.0 Å². The van der Waals surface area contributed by atoms with E-state index in [4.69, 9.17) is 31.2 Å². The van der Waals surface area contributed by atoms with E-state index in [0.717, 1.165) is 39.2 Å². The van der Waals surface area contributed by atoms with Crippen LogP contribution < -0.4 is 24.3 Å². The van der Waals surface area contributed by atoms with Crippen LogP contribution in [0.1, 0.15) is 16.8 Å². The van der Waals surface area contributed by atoms with Crippen LogP contribution in [0.2, 0.25) is 0 Å². The largest absolute Gasteiger partial charge is 0.497 e. The molecule has 0 aliphatic heterocycles. The first-order valence-corrected chi connectivity index (χ1v) is 12.5. The molecule has 0 saturated carbocycles. The fraction of sp³-hybridized carbons (Fsp3) is 0.276. The minimum atomic E-state index is -0.260. The van der Waals surface area contributed by atoms with Gasteiger partial charge in [0.15, 0.2) is 16.6 Å². The summed E-state index contributed by atoms with van der Waals surface area (Å²) in [4.78, 5) is 5.43. The maximum absolute atomic E-state index is 14.0. The van der Waals surface area contributed by atoms with E-state index in [1.54, 1.807) is 40.6 Å². The zero-order valence-electron chi connectivity index (χ0n) is 22.2. The molecule has 0 fully saturated rings. The lowest BCUT2D eigenvalue weighted by atomic mass is 10.1. The number of anilines is 1. The molecule has 0 aliphatic rings. The van der Waals surface area contributed by atoms with Crippen LogP contribution in [0.5, 0.6) is 23.0 Å². The smallest absolute Gasteiger partial charge is 0.203 e. The summed E-state index contributed by atoms with van der Waals surface area (Å²) in [6.07, 6.45) is 0.657. The number of halogens is 1. The first-order valence-electron chi connectivity index (χ1n) is 12.1. The zero-order valence-corrected chi connectivity index (χ0v) is 23.0. The molecule has 1 heterocycles. The van der Waals surface area contributed by atoms with Crippen molar-refractivity contribution < 1.29 is 23.3 Å². The predicted molar refractivity (Wildman–Crippen MR) is 152 cm³/mol. The van der Waals surface area contributed by atoms with E-state index in [1.807, 2.05) is 43.3 Å². The van der Waals surface area contributed by atoms with Gasteiger partial charge in [0, 0.05) is 35.4 Å². The lowest BCUT2D eigenvalue weighted by Gasteiger charge is -2.27. The molecule has 0 unspecified atom stereocenters. The number of nitrogens with zero attached hydrogens (tertiary/aromatic N) is 1. The highest BCUT2D eigenvalue weighted by molar-refractivity contribution is 7.80. The van der Waals surface area contributed by atoms with Crippen molar-refractivity contribution in [1.29, 1.82) is 0 Å². The van der Waals surface area contributed by atoms with Crippen molar-refractivity contribution in [1.82, 2.24) is 9.88 Å². The molecule has 4 aromatic rings. The number of rotatable bonds is 10.